The van der Waals surface area contributed by atoms with Crippen molar-refractivity contribution in [3.05, 3.63) is 23.8 Å². The van der Waals surface area contributed by atoms with Gasteiger partial charge in [-0.3, -0.25) is 4.79 Å². The molecule has 7 nitrogen and oxygen atoms in total. The molecule has 126 valence electrons. The third-order valence-corrected chi connectivity index (χ3v) is 5.25. The fourth-order valence-electron chi connectivity index (χ4n) is 2.30. The number of methoxy groups -OCH3 is 1. The van der Waals surface area contributed by atoms with E-state index >= 15 is 0 Å². The summed E-state index contributed by atoms with van der Waals surface area (Å²) in [4.78, 5) is 11.9. The molecule has 0 radical (unpaired) electrons. The molecule has 1 aromatic carbocycles. The molecule has 8 heteroatoms. The molecule has 0 aliphatic carbocycles. The number of nitrogens with zero attached hydrogens (tertiary/aromatic N) is 1. The predicted molar refractivity (Wildman–Crippen MR) is 86.7 cm³/mol. The van der Waals surface area contributed by atoms with Crippen molar-refractivity contribution in [3.63, 3.8) is 0 Å². The number of sulfone groups is 1. The molecule has 1 atom stereocenters. The van der Waals surface area contributed by atoms with Gasteiger partial charge in [-0.2, -0.15) is 5.10 Å². The van der Waals surface area contributed by atoms with Gasteiger partial charge in [-0.15, -0.1) is 0 Å². The van der Waals surface area contributed by atoms with E-state index in [1.54, 1.807) is 25.3 Å². The van der Waals surface area contributed by atoms with Crippen molar-refractivity contribution >= 4 is 22.0 Å². The predicted octanol–water partition coefficient (Wildman–Crippen LogP) is 0.979. The van der Waals surface area contributed by atoms with E-state index in [0.29, 0.717) is 24.5 Å². The van der Waals surface area contributed by atoms with Crippen LogP contribution in [0.2, 0.25) is 0 Å². The lowest BCUT2D eigenvalue weighted by molar-refractivity contribution is -0.124. The molecule has 1 fully saturated rings. The van der Waals surface area contributed by atoms with Crippen LogP contribution in [0.3, 0.4) is 0 Å². The first-order chi connectivity index (χ1) is 10.9. The van der Waals surface area contributed by atoms with Crippen LogP contribution in [0, 0.1) is 5.92 Å². The zero-order valence-corrected chi connectivity index (χ0v) is 13.9. The number of ether oxygens (including phenoxy) is 2. The topological polar surface area (TPSA) is 94.1 Å². The van der Waals surface area contributed by atoms with E-state index in [1.807, 2.05) is 6.92 Å². The van der Waals surface area contributed by atoms with Crippen LogP contribution in [-0.2, 0) is 14.6 Å². The van der Waals surface area contributed by atoms with E-state index in [0.717, 1.165) is 5.56 Å². The molecule has 1 aliphatic rings. The lowest BCUT2D eigenvalue weighted by Crippen LogP contribution is -2.27. The van der Waals surface area contributed by atoms with Gasteiger partial charge in [-0.25, -0.2) is 13.8 Å². The summed E-state index contributed by atoms with van der Waals surface area (Å²) in [5, 5.41) is 3.87. The van der Waals surface area contributed by atoms with Gasteiger partial charge in [0.15, 0.2) is 21.3 Å². The van der Waals surface area contributed by atoms with Crippen LogP contribution in [0.15, 0.2) is 23.3 Å². The van der Waals surface area contributed by atoms with Gasteiger partial charge in [-0.05, 0) is 37.1 Å². The highest BCUT2D eigenvalue weighted by Crippen LogP contribution is 2.27. The summed E-state index contributed by atoms with van der Waals surface area (Å²) < 4.78 is 33.4. The largest absolute Gasteiger partial charge is 0.493 e. The third kappa shape index (κ3) is 4.69. The van der Waals surface area contributed by atoms with Crippen molar-refractivity contribution in [1.82, 2.24) is 5.43 Å². The molecule has 0 saturated carbocycles. The van der Waals surface area contributed by atoms with Crippen molar-refractivity contribution in [3.8, 4) is 11.5 Å². The minimum Gasteiger partial charge on any atom is -0.493 e. The molecule has 1 saturated heterocycles. The number of hydrogen-bond donors (Lipinski definition) is 1. The summed E-state index contributed by atoms with van der Waals surface area (Å²) in [6.07, 6.45) is 1.82. The Kier molecular flexibility index (Phi) is 5.59. The second-order valence-electron chi connectivity index (χ2n) is 5.18. The molecule has 0 spiro atoms. The number of rotatable bonds is 6. The number of carbonyl (C=O) groups excluding carboxylic acids is 1. The number of nitrogens with one attached hydrogen (secondary N) is 1. The number of carbonyl (C=O) groups is 1. The Morgan fingerprint density at radius 1 is 1.43 bits per heavy atom. The van der Waals surface area contributed by atoms with E-state index in [9.17, 15) is 13.2 Å². The Hall–Kier alpha value is -2.09. The van der Waals surface area contributed by atoms with Crippen molar-refractivity contribution < 1.29 is 22.7 Å². The van der Waals surface area contributed by atoms with Gasteiger partial charge < -0.3 is 9.47 Å². The van der Waals surface area contributed by atoms with Gasteiger partial charge in [0.2, 0.25) is 5.91 Å². The van der Waals surface area contributed by atoms with Gasteiger partial charge in [0.05, 0.1) is 37.4 Å². The molecular weight excluding hydrogens is 320 g/mol. The number of amides is 1. The molecule has 0 unspecified atom stereocenters. The van der Waals surface area contributed by atoms with Crippen LogP contribution in [0.4, 0.5) is 0 Å². The monoisotopic (exact) mass is 340 g/mol. The standard InChI is InChI=1S/C15H20N2O5S/c1-3-22-13-5-4-11(8-14(13)21-2)9-16-17-15(18)12-6-7-23(19,20)10-12/h4-5,8-9,12H,3,6-7,10H2,1-2H3,(H,17,18)/b16-9-/t12-/m0/s1. The Bertz CT molecular complexity index is 700. The summed E-state index contributed by atoms with van der Waals surface area (Å²) >= 11 is 0. The maximum Gasteiger partial charge on any atom is 0.244 e. The van der Waals surface area contributed by atoms with Crippen LogP contribution in [0.5, 0.6) is 11.5 Å². The van der Waals surface area contributed by atoms with Crippen molar-refractivity contribution in [2.45, 2.75) is 13.3 Å². The summed E-state index contributed by atoms with van der Waals surface area (Å²) in [5.74, 6) is 0.263. The molecule has 1 amide bonds. The normalized spacial score (nSPS) is 19.7. The van der Waals surface area contributed by atoms with Crippen LogP contribution < -0.4 is 14.9 Å². The van der Waals surface area contributed by atoms with Crippen molar-refractivity contribution in [2.75, 3.05) is 25.2 Å². The Morgan fingerprint density at radius 3 is 2.83 bits per heavy atom. The molecule has 1 heterocycles. The molecule has 0 aromatic heterocycles. The van der Waals surface area contributed by atoms with E-state index in [2.05, 4.69) is 10.5 Å². The molecule has 1 N–H and O–H groups in total. The summed E-state index contributed by atoms with van der Waals surface area (Å²) in [6, 6.07) is 5.28. The van der Waals surface area contributed by atoms with Gasteiger partial charge in [-0.1, -0.05) is 0 Å². The smallest absolute Gasteiger partial charge is 0.244 e. The van der Waals surface area contributed by atoms with Gasteiger partial charge in [0.25, 0.3) is 0 Å². The second kappa shape index (κ2) is 7.45. The molecule has 0 bridgehead atoms. The van der Waals surface area contributed by atoms with Crippen molar-refractivity contribution in [1.29, 1.82) is 0 Å². The Labute approximate surface area is 135 Å². The zero-order chi connectivity index (χ0) is 16.9. The third-order valence-electron chi connectivity index (χ3n) is 3.48. The van der Waals surface area contributed by atoms with Crippen LogP contribution in [0.1, 0.15) is 18.9 Å². The van der Waals surface area contributed by atoms with Crippen LogP contribution in [-0.4, -0.2) is 45.8 Å². The van der Waals surface area contributed by atoms with E-state index in [-0.39, 0.29) is 17.4 Å². The highest BCUT2D eigenvalue weighted by atomic mass is 32.2. The summed E-state index contributed by atoms with van der Waals surface area (Å²) in [6.45, 7) is 2.41. The fraction of sp³-hybridized carbons (Fsp3) is 0.467. The van der Waals surface area contributed by atoms with Crippen molar-refractivity contribution in [2.24, 2.45) is 11.0 Å². The Balaban J connectivity index is 1.96. The van der Waals surface area contributed by atoms with Gasteiger partial charge >= 0.3 is 0 Å². The van der Waals surface area contributed by atoms with Crippen LogP contribution >= 0.6 is 0 Å². The first-order valence-corrected chi connectivity index (χ1v) is 9.11. The molecule has 23 heavy (non-hydrogen) atoms. The number of hydrogen-bond acceptors (Lipinski definition) is 6. The highest BCUT2D eigenvalue weighted by molar-refractivity contribution is 7.91. The average Bonchev–Trinajstić information content (AvgIpc) is 2.89. The summed E-state index contributed by atoms with van der Waals surface area (Å²) in [7, 11) is -1.54. The maximum absolute atomic E-state index is 11.9. The van der Waals surface area contributed by atoms with E-state index < -0.39 is 15.8 Å². The minimum atomic E-state index is -3.08. The molecule has 2 rings (SSSR count). The lowest BCUT2D eigenvalue weighted by Gasteiger charge is -2.09. The van der Waals surface area contributed by atoms with Gasteiger partial charge in [0.1, 0.15) is 0 Å². The Morgan fingerprint density at radius 2 is 2.22 bits per heavy atom. The lowest BCUT2D eigenvalue weighted by atomic mass is 10.1. The zero-order valence-electron chi connectivity index (χ0n) is 13.1. The van der Waals surface area contributed by atoms with E-state index in [1.165, 1.54) is 6.21 Å². The van der Waals surface area contributed by atoms with Gasteiger partial charge in [0, 0.05) is 0 Å². The second-order valence-corrected chi connectivity index (χ2v) is 7.41. The minimum absolute atomic E-state index is 0.0604. The molecule has 1 aromatic rings. The molecule has 1 aliphatic heterocycles. The fourth-order valence-corrected chi connectivity index (χ4v) is 4.04. The summed E-state index contributed by atoms with van der Waals surface area (Å²) in [5.41, 5.74) is 3.11. The number of hydrazone groups is 1. The number of benzene rings is 1. The quantitative estimate of drug-likeness (QED) is 0.615. The van der Waals surface area contributed by atoms with E-state index in [4.69, 9.17) is 9.47 Å². The first kappa shape index (κ1) is 17.3. The first-order valence-electron chi connectivity index (χ1n) is 7.29. The highest BCUT2D eigenvalue weighted by Gasteiger charge is 2.32. The SMILES string of the molecule is CCOc1ccc(/C=N\NC(=O)[C@H]2CCS(=O)(=O)C2)cc1OC. The molecular formula is C15H20N2O5S. The average molecular weight is 340 g/mol. The maximum atomic E-state index is 11.9. The van der Waals surface area contributed by atoms with Crippen LogP contribution in [0.25, 0.3) is 0 Å².